The molecule has 178 valence electrons. The molecule has 0 radical (unpaired) electrons. The topological polar surface area (TPSA) is 102 Å². The van der Waals surface area contributed by atoms with Gasteiger partial charge in [0.1, 0.15) is 6.10 Å². The van der Waals surface area contributed by atoms with Crippen molar-refractivity contribution in [3.63, 3.8) is 0 Å². The first-order chi connectivity index (χ1) is 15.0. The fourth-order valence-corrected chi connectivity index (χ4v) is 8.54. The van der Waals surface area contributed by atoms with Gasteiger partial charge in [-0.25, -0.2) is 0 Å². The van der Waals surface area contributed by atoms with Crippen molar-refractivity contribution in [2.24, 2.45) is 45.6 Å². The molecule has 0 heterocycles. The Hall–Kier alpha value is -1.92. The summed E-state index contributed by atoms with van der Waals surface area (Å²) in [5.41, 5.74) is 2.12. The monoisotopic (exact) mass is 446 g/mol. The van der Waals surface area contributed by atoms with Crippen molar-refractivity contribution in [2.45, 2.75) is 91.7 Å². The molecule has 0 spiro atoms. The SMILES string of the molecule is CC(=O)O[C@H]1CC[C@@]2(C)C(=CC[C@@H]3[C@@H]4C[C@@H]([C@@H](C)[N+](=O)[O-])[C@H](/C(C)=N\O)[C@@]4(C)CC[C@@H]32)C1. The Morgan fingerprint density at radius 3 is 2.62 bits per heavy atom. The van der Waals surface area contributed by atoms with Gasteiger partial charge in [0.2, 0.25) is 6.04 Å². The molecule has 0 aromatic rings. The summed E-state index contributed by atoms with van der Waals surface area (Å²) in [4.78, 5) is 23.1. The lowest BCUT2D eigenvalue weighted by molar-refractivity contribution is -0.528. The summed E-state index contributed by atoms with van der Waals surface area (Å²) in [6, 6.07) is -0.651. The summed E-state index contributed by atoms with van der Waals surface area (Å²) in [6.45, 7) is 9.72. The first-order valence-electron chi connectivity index (χ1n) is 12.2. The van der Waals surface area contributed by atoms with E-state index in [0.29, 0.717) is 23.5 Å². The molecule has 0 aromatic carbocycles. The number of carbonyl (C=O) groups is 1. The van der Waals surface area contributed by atoms with Gasteiger partial charge in [-0.1, -0.05) is 30.7 Å². The number of rotatable bonds is 4. The number of nitro groups is 1. The molecule has 1 N–H and O–H groups in total. The molecule has 7 nitrogen and oxygen atoms in total. The smallest absolute Gasteiger partial charge is 0.302 e. The highest BCUT2D eigenvalue weighted by molar-refractivity contribution is 5.85. The molecule has 0 amide bonds. The predicted molar refractivity (Wildman–Crippen MR) is 121 cm³/mol. The normalized spacial score (nSPS) is 44.5. The van der Waals surface area contributed by atoms with Gasteiger partial charge >= 0.3 is 5.97 Å². The fraction of sp³-hybridized carbons (Fsp3) is 0.840. The number of carbonyl (C=O) groups excluding carboxylic acids is 1. The average molecular weight is 447 g/mol. The third kappa shape index (κ3) is 3.47. The Kier molecular flexibility index (Phi) is 5.91. The molecule has 7 heteroatoms. The van der Waals surface area contributed by atoms with E-state index in [1.165, 1.54) is 12.5 Å². The first kappa shape index (κ1) is 23.2. The average Bonchev–Trinajstić information content (AvgIpc) is 3.05. The molecule has 0 bridgehead atoms. The second-order valence-corrected chi connectivity index (χ2v) is 11.4. The molecule has 4 aliphatic rings. The number of hydrogen-bond donors (Lipinski definition) is 1. The van der Waals surface area contributed by atoms with Gasteiger partial charge in [0, 0.05) is 37.0 Å². The summed E-state index contributed by atoms with van der Waals surface area (Å²) in [7, 11) is 0. The minimum Gasteiger partial charge on any atom is -0.462 e. The lowest BCUT2D eigenvalue weighted by Crippen LogP contribution is -2.51. The van der Waals surface area contributed by atoms with Gasteiger partial charge in [0.15, 0.2) is 0 Å². The summed E-state index contributed by atoms with van der Waals surface area (Å²) in [5.74, 6) is 1.06. The number of oxime groups is 1. The van der Waals surface area contributed by atoms with Crippen LogP contribution in [0.5, 0.6) is 0 Å². The number of nitrogens with zero attached hydrogens (tertiary/aromatic N) is 2. The summed E-state index contributed by atoms with van der Waals surface area (Å²) in [5, 5.41) is 24.9. The third-order valence-corrected chi connectivity index (χ3v) is 10.1. The summed E-state index contributed by atoms with van der Waals surface area (Å²) in [6.07, 6.45) is 9.07. The minimum absolute atomic E-state index is 0.0122. The van der Waals surface area contributed by atoms with Crippen LogP contribution < -0.4 is 0 Å². The molecular weight excluding hydrogens is 408 g/mol. The van der Waals surface area contributed by atoms with E-state index in [4.69, 9.17) is 4.74 Å². The molecule has 3 fully saturated rings. The van der Waals surface area contributed by atoms with Gasteiger partial charge in [-0.15, -0.1) is 0 Å². The van der Waals surface area contributed by atoms with Crippen LogP contribution in [0.25, 0.3) is 0 Å². The molecule has 0 unspecified atom stereocenters. The van der Waals surface area contributed by atoms with Gasteiger partial charge in [-0.05, 0) is 74.0 Å². The second kappa shape index (κ2) is 8.14. The van der Waals surface area contributed by atoms with Crippen LogP contribution in [-0.2, 0) is 9.53 Å². The van der Waals surface area contributed by atoms with E-state index in [9.17, 15) is 20.1 Å². The van der Waals surface area contributed by atoms with Gasteiger partial charge in [0.05, 0.1) is 5.71 Å². The van der Waals surface area contributed by atoms with Gasteiger partial charge in [0.25, 0.3) is 0 Å². The summed E-state index contributed by atoms with van der Waals surface area (Å²) >= 11 is 0. The van der Waals surface area contributed by atoms with Crippen molar-refractivity contribution in [1.29, 1.82) is 0 Å². The lowest BCUT2D eigenvalue weighted by atomic mass is 9.47. The van der Waals surface area contributed by atoms with Gasteiger partial charge in [-0.3, -0.25) is 14.9 Å². The van der Waals surface area contributed by atoms with Gasteiger partial charge in [-0.2, -0.15) is 0 Å². The van der Waals surface area contributed by atoms with E-state index in [-0.39, 0.29) is 39.7 Å². The van der Waals surface area contributed by atoms with E-state index in [1.54, 1.807) is 6.92 Å². The Labute approximate surface area is 190 Å². The zero-order valence-electron chi connectivity index (χ0n) is 20.0. The van der Waals surface area contributed by atoms with Crippen molar-refractivity contribution >= 4 is 11.7 Å². The maximum absolute atomic E-state index is 11.7. The first-order valence-corrected chi connectivity index (χ1v) is 12.2. The zero-order chi connectivity index (χ0) is 23.4. The van der Waals surface area contributed by atoms with Crippen molar-refractivity contribution < 1.29 is 19.7 Å². The molecule has 4 rings (SSSR count). The quantitative estimate of drug-likeness (QED) is 0.159. The molecule has 0 aromatic heterocycles. The fourth-order valence-electron chi connectivity index (χ4n) is 8.54. The van der Waals surface area contributed by atoms with E-state index >= 15 is 0 Å². The Morgan fingerprint density at radius 2 is 2.00 bits per heavy atom. The number of esters is 1. The second-order valence-electron chi connectivity index (χ2n) is 11.4. The molecule has 4 aliphatic carbocycles. The van der Waals surface area contributed by atoms with Crippen LogP contribution in [0.15, 0.2) is 16.8 Å². The highest BCUT2D eigenvalue weighted by atomic mass is 16.6. The predicted octanol–water partition coefficient (Wildman–Crippen LogP) is 5.24. The van der Waals surface area contributed by atoms with Crippen LogP contribution in [0, 0.1) is 50.5 Å². The third-order valence-electron chi connectivity index (χ3n) is 10.1. The van der Waals surface area contributed by atoms with Crippen LogP contribution in [0.3, 0.4) is 0 Å². The lowest BCUT2D eigenvalue weighted by Gasteiger charge is -2.58. The van der Waals surface area contributed by atoms with Crippen LogP contribution >= 0.6 is 0 Å². The number of fused-ring (bicyclic) bond motifs is 5. The molecule has 32 heavy (non-hydrogen) atoms. The van der Waals surface area contributed by atoms with E-state index in [1.807, 2.05) is 6.92 Å². The van der Waals surface area contributed by atoms with Crippen LogP contribution in [0.4, 0.5) is 0 Å². The highest BCUT2D eigenvalue weighted by Gasteiger charge is 2.63. The maximum atomic E-state index is 11.7. The Morgan fingerprint density at radius 1 is 1.28 bits per heavy atom. The maximum Gasteiger partial charge on any atom is 0.302 e. The molecule has 0 aliphatic heterocycles. The Bertz CT molecular complexity index is 853. The standard InChI is InChI=1S/C25H38N2O5/c1-14(26-29)23-20(15(2)27(30)31)13-22-19-7-6-17-12-18(32-16(3)28)8-10-24(17,4)21(19)9-11-25(22,23)5/h6,15,18-23,29H,7-13H2,1-5H3/b26-14-/t15-,18+,19+,20+,21+,22+,23+,24+,25+/m1/s1. The summed E-state index contributed by atoms with van der Waals surface area (Å²) < 4.78 is 5.54. The van der Waals surface area contributed by atoms with Crippen molar-refractivity contribution in [3.8, 4) is 0 Å². The Balaban J connectivity index is 1.65. The van der Waals surface area contributed by atoms with Crippen molar-refractivity contribution in [3.05, 3.63) is 21.8 Å². The van der Waals surface area contributed by atoms with E-state index in [0.717, 1.165) is 44.9 Å². The molecule has 0 saturated heterocycles. The molecule has 3 saturated carbocycles. The van der Waals surface area contributed by atoms with Crippen LogP contribution in [-0.4, -0.2) is 34.0 Å². The minimum atomic E-state index is -0.651. The van der Waals surface area contributed by atoms with Crippen LogP contribution in [0.2, 0.25) is 0 Å². The van der Waals surface area contributed by atoms with Crippen molar-refractivity contribution in [1.82, 2.24) is 0 Å². The number of allylic oxidation sites excluding steroid dienone is 1. The van der Waals surface area contributed by atoms with Gasteiger partial charge < -0.3 is 9.94 Å². The van der Waals surface area contributed by atoms with Crippen LogP contribution in [0.1, 0.15) is 79.6 Å². The van der Waals surface area contributed by atoms with Crippen molar-refractivity contribution in [2.75, 3.05) is 0 Å². The number of ether oxygens (including phenoxy) is 1. The highest BCUT2D eigenvalue weighted by Crippen LogP contribution is 2.68. The largest absolute Gasteiger partial charge is 0.462 e. The van der Waals surface area contributed by atoms with E-state index < -0.39 is 6.04 Å². The molecule has 9 atom stereocenters. The molecular formula is C25H38N2O5. The zero-order valence-corrected chi connectivity index (χ0v) is 20.0. The van der Waals surface area contributed by atoms with E-state index in [2.05, 4.69) is 25.1 Å². The number of hydrogen-bond acceptors (Lipinski definition) is 6.